The molecule has 0 saturated heterocycles. The predicted octanol–water partition coefficient (Wildman–Crippen LogP) is 18.6. The third-order valence-corrected chi connectivity index (χ3v) is 17.3. The lowest BCUT2D eigenvalue weighted by Crippen LogP contribution is -2.25. The Labute approximate surface area is 422 Å². The van der Waals surface area contributed by atoms with Crippen molar-refractivity contribution in [2.45, 2.75) is 43.9 Å². The molecule has 72 heavy (non-hydrogen) atoms. The molecule has 1 spiro atoms. The van der Waals surface area contributed by atoms with Gasteiger partial charge in [0.25, 0.3) is 0 Å². The molecule has 1 atom stereocenters. The van der Waals surface area contributed by atoms with Gasteiger partial charge in [-0.25, -0.2) is 0 Å². The Bertz CT molecular complexity index is 4090. The van der Waals surface area contributed by atoms with E-state index in [4.69, 9.17) is 0 Å². The summed E-state index contributed by atoms with van der Waals surface area (Å²) in [4.78, 5) is 2.49. The van der Waals surface area contributed by atoms with Crippen LogP contribution in [0.2, 0.25) is 0 Å². The Morgan fingerprint density at radius 2 is 0.736 bits per heavy atom. The van der Waals surface area contributed by atoms with Crippen LogP contribution in [0, 0.1) is 0 Å². The number of fused-ring (bicyclic) bond motifs is 18. The van der Waals surface area contributed by atoms with Crippen molar-refractivity contribution in [3.05, 3.63) is 281 Å². The van der Waals surface area contributed by atoms with Gasteiger partial charge in [-0.2, -0.15) is 0 Å². The second-order valence-corrected chi connectivity index (χ2v) is 21.5. The van der Waals surface area contributed by atoms with E-state index in [1.165, 1.54) is 122 Å². The van der Waals surface area contributed by atoms with Crippen LogP contribution in [-0.4, -0.2) is 0 Å². The molecule has 0 saturated carbocycles. The number of hydrogen-bond acceptors (Lipinski definition) is 1. The number of nitrogens with zero attached hydrogens (tertiary/aromatic N) is 1. The molecule has 0 fully saturated rings. The minimum Gasteiger partial charge on any atom is -0.310 e. The standard InChI is InChI=1S/C71H51N/c1-69(2)59-25-13-10-21-53(59)55-38-35-49(42-65(55)69)72(50-36-39-56-54-37-31-47(44-17-6-5-7-18-44)41-64(54)70(3,4)66(56)43-50)48-33-29-46(30-34-48)52-24-16-28-62-67(52)57-22-11-14-26-60(57)71(62)61-27-15-12-23-58(61)68-51-20-9-8-19-45(51)32-40-63(68)71/h5-43H,1-4H3. The topological polar surface area (TPSA) is 3.24 Å². The molecule has 340 valence electrons. The summed E-state index contributed by atoms with van der Waals surface area (Å²) in [7, 11) is 0. The molecule has 0 N–H and O–H groups in total. The van der Waals surface area contributed by atoms with Gasteiger partial charge in [-0.3, -0.25) is 0 Å². The summed E-state index contributed by atoms with van der Waals surface area (Å²) in [5.41, 5.74) is 29.2. The van der Waals surface area contributed by atoms with Crippen molar-refractivity contribution in [2.24, 2.45) is 0 Å². The third kappa shape index (κ3) is 5.43. The van der Waals surface area contributed by atoms with Crippen molar-refractivity contribution in [2.75, 3.05) is 4.90 Å². The Balaban J connectivity index is 0.887. The van der Waals surface area contributed by atoms with E-state index in [0.29, 0.717) is 0 Å². The largest absolute Gasteiger partial charge is 0.310 e. The molecule has 0 amide bonds. The molecule has 1 unspecified atom stereocenters. The van der Waals surface area contributed by atoms with Gasteiger partial charge >= 0.3 is 0 Å². The first-order valence-electron chi connectivity index (χ1n) is 25.6. The molecule has 0 aliphatic heterocycles. The molecular weight excluding hydrogens is 867 g/mol. The summed E-state index contributed by atoms with van der Waals surface area (Å²) in [5.74, 6) is 0. The van der Waals surface area contributed by atoms with Crippen LogP contribution < -0.4 is 4.90 Å². The quantitative estimate of drug-likeness (QED) is 0.166. The molecule has 4 aliphatic carbocycles. The fraction of sp³-hybridized carbons (Fsp3) is 0.0986. The Kier molecular flexibility index (Phi) is 8.46. The van der Waals surface area contributed by atoms with Crippen molar-refractivity contribution in [3.8, 4) is 66.8 Å². The number of rotatable bonds is 5. The highest BCUT2D eigenvalue weighted by molar-refractivity contribution is 6.07. The van der Waals surface area contributed by atoms with Gasteiger partial charge < -0.3 is 4.90 Å². The lowest BCUT2D eigenvalue weighted by atomic mass is 9.70. The first-order chi connectivity index (χ1) is 35.2. The average molecular weight is 918 g/mol. The van der Waals surface area contributed by atoms with Gasteiger partial charge in [-0.05, 0) is 165 Å². The molecule has 11 aromatic carbocycles. The van der Waals surface area contributed by atoms with Crippen LogP contribution in [0.15, 0.2) is 237 Å². The molecule has 15 rings (SSSR count). The van der Waals surface area contributed by atoms with Crippen LogP contribution in [0.25, 0.3) is 77.5 Å². The zero-order chi connectivity index (χ0) is 48.1. The van der Waals surface area contributed by atoms with E-state index < -0.39 is 5.41 Å². The highest BCUT2D eigenvalue weighted by Crippen LogP contribution is 2.65. The van der Waals surface area contributed by atoms with Crippen LogP contribution >= 0.6 is 0 Å². The first kappa shape index (κ1) is 41.3. The summed E-state index contributed by atoms with van der Waals surface area (Å²) >= 11 is 0. The van der Waals surface area contributed by atoms with Crippen molar-refractivity contribution in [3.63, 3.8) is 0 Å². The van der Waals surface area contributed by atoms with E-state index in [0.717, 1.165) is 17.1 Å². The van der Waals surface area contributed by atoms with E-state index in [-0.39, 0.29) is 10.8 Å². The number of hydrogen-bond donors (Lipinski definition) is 0. The van der Waals surface area contributed by atoms with Gasteiger partial charge in [0, 0.05) is 27.9 Å². The Morgan fingerprint density at radius 3 is 1.43 bits per heavy atom. The third-order valence-electron chi connectivity index (χ3n) is 17.3. The van der Waals surface area contributed by atoms with Crippen LogP contribution in [0.3, 0.4) is 0 Å². The summed E-state index contributed by atoms with van der Waals surface area (Å²) in [6.07, 6.45) is 0. The Hall–Kier alpha value is -8.52. The van der Waals surface area contributed by atoms with E-state index >= 15 is 0 Å². The zero-order valence-corrected chi connectivity index (χ0v) is 41.0. The average Bonchev–Trinajstić information content (AvgIpc) is 4.06. The van der Waals surface area contributed by atoms with Crippen molar-refractivity contribution in [1.29, 1.82) is 0 Å². The molecule has 0 bridgehead atoms. The van der Waals surface area contributed by atoms with Crippen LogP contribution in [-0.2, 0) is 16.2 Å². The van der Waals surface area contributed by atoms with Crippen molar-refractivity contribution >= 4 is 27.8 Å². The van der Waals surface area contributed by atoms with Gasteiger partial charge in [0.15, 0.2) is 0 Å². The number of anilines is 3. The molecule has 0 heterocycles. The van der Waals surface area contributed by atoms with Crippen LogP contribution in [0.1, 0.15) is 72.2 Å². The van der Waals surface area contributed by atoms with Crippen LogP contribution in [0.5, 0.6) is 0 Å². The van der Waals surface area contributed by atoms with E-state index in [2.05, 4.69) is 269 Å². The maximum absolute atomic E-state index is 2.49. The molecular formula is C71H51N. The van der Waals surface area contributed by atoms with Gasteiger partial charge in [-0.1, -0.05) is 222 Å². The second-order valence-electron chi connectivity index (χ2n) is 21.5. The predicted molar refractivity (Wildman–Crippen MR) is 301 cm³/mol. The van der Waals surface area contributed by atoms with Gasteiger partial charge in [0.05, 0.1) is 5.41 Å². The molecule has 0 aromatic heterocycles. The lowest BCUT2D eigenvalue weighted by molar-refractivity contribution is 0.660. The second kappa shape index (κ2) is 14.8. The lowest BCUT2D eigenvalue weighted by Gasteiger charge is -2.30. The minimum atomic E-state index is -0.431. The monoisotopic (exact) mass is 917 g/mol. The number of benzene rings is 11. The van der Waals surface area contributed by atoms with Gasteiger partial charge in [-0.15, -0.1) is 0 Å². The zero-order valence-electron chi connectivity index (χ0n) is 41.0. The van der Waals surface area contributed by atoms with E-state index in [9.17, 15) is 0 Å². The maximum atomic E-state index is 2.49. The normalized spacial score (nSPS) is 16.3. The highest BCUT2D eigenvalue weighted by atomic mass is 15.1. The Morgan fingerprint density at radius 1 is 0.264 bits per heavy atom. The van der Waals surface area contributed by atoms with Gasteiger partial charge in [0.1, 0.15) is 0 Å². The summed E-state index contributed by atoms with van der Waals surface area (Å²) in [6.45, 7) is 9.56. The molecule has 1 nitrogen and oxygen atoms in total. The van der Waals surface area contributed by atoms with Gasteiger partial charge in [0.2, 0.25) is 0 Å². The summed E-state index contributed by atoms with van der Waals surface area (Å²) < 4.78 is 0. The molecule has 4 aliphatic rings. The minimum absolute atomic E-state index is 0.135. The summed E-state index contributed by atoms with van der Waals surface area (Å²) in [5, 5.41) is 2.59. The fourth-order valence-electron chi connectivity index (χ4n) is 13.9. The van der Waals surface area contributed by atoms with Crippen LogP contribution in [0.4, 0.5) is 17.1 Å². The SMILES string of the molecule is CC1(C)c2ccccc2-c2ccc(N(c3ccc(-c4cccc5c4-c4ccccc4C54c5ccccc5-c5c4ccc4ccccc54)cc3)c3ccc4c(c3)C(C)(C)c3cc(-c5ccccc5)ccc3-4)cc21. The van der Waals surface area contributed by atoms with Crippen molar-refractivity contribution < 1.29 is 0 Å². The van der Waals surface area contributed by atoms with Crippen molar-refractivity contribution in [1.82, 2.24) is 0 Å². The van der Waals surface area contributed by atoms with E-state index in [1.54, 1.807) is 0 Å². The molecule has 0 radical (unpaired) electrons. The molecule has 11 aromatic rings. The fourth-order valence-corrected chi connectivity index (χ4v) is 13.9. The first-order valence-corrected chi connectivity index (χ1v) is 25.6. The molecule has 1 heteroatoms. The highest BCUT2D eigenvalue weighted by Gasteiger charge is 2.52. The summed E-state index contributed by atoms with van der Waals surface area (Å²) in [6, 6.07) is 89.6. The maximum Gasteiger partial charge on any atom is 0.0725 e. The van der Waals surface area contributed by atoms with E-state index in [1.807, 2.05) is 0 Å². The smallest absolute Gasteiger partial charge is 0.0725 e.